The summed E-state index contributed by atoms with van der Waals surface area (Å²) in [5, 5.41) is 19.4. The molecule has 0 saturated heterocycles. The highest BCUT2D eigenvalue weighted by Crippen LogP contribution is 2.33. The molecule has 39 heavy (non-hydrogen) atoms. The van der Waals surface area contributed by atoms with Crippen molar-refractivity contribution in [2.45, 2.75) is 40.0 Å². The van der Waals surface area contributed by atoms with Crippen molar-refractivity contribution in [1.82, 2.24) is 5.48 Å². The largest absolute Gasteiger partial charge is 0.507 e. The summed E-state index contributed by atoms with van der Waals surface area (Å²) in [4.78, 5) is 28.4. The zero-order chi connectivity index (χ0) is 28.2. The molecule has 0 aromatic heterocycles. The first-order valence-electron chi connectivity index (χ1n) is 12.9. The van der Waals surface area contributed by atoms with Crippen LogP contribution in [0.2, 0.25) is 0 Å². The highest BCUT2D eigenvalue weighted by Gasteiger charge is 2.16. The molecule has 0 unspecified atom stereocenters. The fourth-order valence-electron chi connectivity index (χ4n) is 3.98. The van der Waals surface area contributed by atoms with Gasteiger partial charge in [0, 0.05) is 17.5 Å². The minimum atomic E-state index is -1.03. The van der Waals surface area contributed by atoms with Crippen LogP contribution in [0.25, 0.3) is 11.8 Å². The van der Waals surface area contributed by atoms with Crippen LogP contribution >= 0.6 is 0 Å². The molecule has 0 saturated carbocycles. The van der Waals surface area contributed by atoms with E-state index in [1.54, 1.807) is 18.2 Å². The standard InChI is InChI=1S/C31H35NO7/c1-4-9-26-29(15-13-25(22(3)33)31(26)36)37-16-8-17-39-32-27(19-23-10-6-5-7-11-23)24-12-14-28(21(2)18-24)38-20-30(34)35/h5-7,10-15,18-19,32,36H,4,8-9,16-17,20H2,1-3H3,(H,34,35). The number of phenolic OH excluding ortho intramolecular Hbond substituents is 1. The van der Waals surface area contributed by atoms with Gasteiger partial charge in [-0.3, -0.25) is 15.1 Å². The number of carboxylic acids is 1. The third-order valence-corrected chi connectivity index (χ3v) is 5.90. The number of carbonyl (C=O) groups excluding carboxylic acids is 1. The molecule has 3 rings (SSSR count). The lowest BCUT2D eigenvalue weighted by Gasteiger charge is -2.16. The zero-order valence-electron chi connectivity index (χ0n) is 22.5. The lowest BCUT2D eigenvalue weighted by atomic mass is 10.0. The predicted molar refractivity (Wildman–Crippen MR) is 150 cm³/mol. The van der Waals surface area contributed by atoms with Gasteiger partial charge >= 0.3 is 5.97 Å². The van der Waals surface area contributed by atoms with Gasteiger partial charge in [-0.25, -0.2) is 4.79 Å². The number of carbonyl (C=O) groups is 2. The molecule has 0 radical (unpaired) electrons. The number of benzene rings is 3. The zero-order valence-corrected chi connectivity index (χ0v) is 22.5. The summed E-state index contributed by atoms with van der Waals surface area (Å²) in [5.74, 6) is -0.160. The van der Waals surface area contributed by atoms with Crippen molar-refractivity contribution in [3.05, 3.63) is 88.5 Å². The van der Waals surface area contributed by atoms with Crippen molar-refractivity contribution in [2.24, 2.45) is 0 Å². The summed E-state index contributed by atoms with van der Waals surface area (Å²) < 4.78 is 11.3. The number of aromatic hydroxyl groups is 1. The number of hydroxylamine groups is 1. The van der Waals surface area contributed by atoms with Crippen LogP contribution in [-0.2, 0) is 16.1 Å². The molecule has 206 valence electrons. The molecule has 3 N–H and O–H groups in total. The number of phenols is 1. The third kappa shape index (κ3) is 8.61. The van der Waals surface area contributed by atoms with E-state index in [0.717, 1.165) is 28.8 Å². The van der Waals surface area contributed by atoms with Crippen LogP contribution in [0.4, 0.5) is 0 Å². The second kappa shape index (κ2) is 14.6. The van der Waals surface area contributed by atoms with Crippen LogP contribution in [0.3, 0.4) is 0 Å². The van der Waals surface area contributed by atoms with Gasteiger partial charge in [0.05, 0.1) is 24.5 Å². The van der Waals surface area contributed by atoms with E-state index in [1.165, 1.54) is 6.92 Å². The number of ketones is 1. The van der Waals surface area contributed by atoms with Gasteiger partial charge in [0.25, 0.3) is 0 Å². The van der Waals surface area contributed by atoms with Gasteiger partial charge < -0.3 is 19.7 Å². The Morgan fingerprint density at radius 3 is 2.38 bits per heavy atom. The molecule has 0 aliphatic heterocycles. The molecule has 0 aliphatic carbocycles. The molecule has 0 spiro atoms. The maximum atomic E-state index is 11.8. The lowest BCUT2D eigenvalue weighted by molar-refractivity contribution is -0.139. The molecular formula is C31H35NO7. The molecule has 8 heteroatoms. The SMILES string of the molecule is CCCc1c(OCCCONC(=Cc2ccccc2)c2ccc(OCC(=O)O)c(C)c2)ccc(C(C)=O)c1O. The maximum Gasteiger partial charge on any atom is 0.341 e. The number of Topliss-reactive ketones (excluding diaryl/α,β-unsaturated/α-hetero) is 1. The van der Waals surface area contributed by atoms with Crippen molar-refractivity contribution >= 4 is 23.5 Å². The highest BCUT2D eigenvalue weighted by atomic mass is 16.6. The smallest absolute Gasteiger partial charge is 0.341 e. The van der Waals surface area contributed by atoms with Gasteiger partial charge in [-0.05, 0) is 67.8 Å². The molecule has 3 aromatic rings. The quantitative estimate of drug-likeness (QED) is 0.0971. The molecule has 0 fully saturated rings. The summed E-state index contributed by atoms with van der Waals surface area (Å²) in [6.07, 6.45) is 3.95. The molecule has 8 nitrogen and oxygen atoms in total. The van der Waals surface area contributed by atoms with Crippen molar-refractivity contribution in [3.63, 3.8) is 0 Å². The van der Waals surface area contributed by atoms with Crippen LogP contribution in [0.15, 0.2) is 60.7 Å². The minimum absolute atomic E-state index is 0.00914. The Bertz CT molecular complexity index is 1300. The summed E-state index contributed by atoms with van der Waals surface area (Å²) >= 11 is 0. The summed E-state index contributed by atoms with van der Waals surface area (Å²) in [6.45, 7) is 5.60. The summed E-state index contributed by atoms with van der Waals surface area (Å²) in [6, 6.07) is 18.6. The summed E-state index contributed by atoms with van der Waals surface area (Å²) in [7, 11) is 0. The number of rotatable bonds is 15. The van der Waals surface area contributed by atoms with Crippen molar-refractivity contribution in [1.29, 1.82) is 0 Å². The van der Waals surface area contributed by atoms with Gasteiger partial charge in [0.15, 0.2) is 12.4 Å². The van der Waals surface area contributed by atoms with E-state index in [9.17, 15) is 14.7 Å². The Kier molecular flexibility index (Phi) is 10.9. The van der Waals surface area contributed by atoms with Crippen LogP contribution < -0.4 is 15.0 Å². The molecule has 0 aliphatic rings. The number of hydrogen-bond acceptors (Lipinski definition) is 7. The number of aliphatic carboxylic acids is 1. The molecule has 0 amide bonds. The van der Waals surface area contributed by atoms with Crippen molar-refractivity contribution in [3.8, 4) is 17.2 Å². The van der Waals surface area contributed by atoms with Gasteiger partial charge in [-0.2, -0.15) is 0 Å². The van der Waals surface area contributed by atoms with E-state index >= 15 is 0 Å². The fraction of sp³-hybridized carbons (Fsp3) is 0.290. The van der Waals surface area contributed by atoms with E-state index in [-0.39, 0.29) is 11.5 Å². The minimum Gasteiger partial charge on any atom is -0.507 e. The van der Waals surface area contributed by atoms with Gasteiger partial charge in [-0.15, -0.1) is 0 Å². The third-order valence-electron chi connectivity index (χ3n) is 5.90. The number of ether oxygens (including phenoxy) is 2. The Morgan fingerprint density at radius 1 is 0.974 bits per heavy atom. The molecule has 0 atom stereocenters. The Morgan fingerprint density at radius 2 is 1.72 bits per heavy atom. The van der Waals surface area contributed by atoms with E-state index in [2.05, 4.69) is 5.48 Å². The first-order valence-corrected chi connectivity index (χ1v) is 12.9. The average Bonchev–Trinajstić information content (AvgIpc) is 2.91. The predicted octanol–water partition coefficient (Wildman–Crippen LogP) is 5.81. The highest BCUT2D eigenvalue weighted by molar-refractivity contribution is 5.97. The van der Waals surface area contributed by atoms with Crippen LogP contribution in [0, 0.1) is 6.92 Å². The van der Waals surface area contributed by atoms with E-state index in [1.807, 2.05) is 62.4 Å². The van der Waals surface area contributed by atoms with E-state index < -0.39 is 12.6 Å². The number of carboxylic acid groups (broad SMARTS) is 1. The molecule has 0 heterocycles. The van der Waals surface area contributed by atoms with E-state index in [4.69, 9.17) is 19.4 Å². The van der Waals surface area contributed by atoms with Gasteiger partial charge in [0.2, 0.25) is 0 Å². The van der Waals surface area contributed by atoms with Crippen molar-refractivity contribution in [2.75, 3.05) is 19.8 Å². The Balaban J connectivity index is 1.63. The fourth-order valence-corrected chi connectivity index (χ4v) is 3.98. The number of nitrogens with one attached hydrogen (secondary N) is 1. The number of aryl methyl sites for hydroxylation is 1. The Hall–Kier alpha value is -4.30. The molecule has 0 bridgehead atoms. The Labute approximate surface area is 228 Å². The molecular weight excluding hydrogens is 498 g/mol. The van der Waals surface area contributed by atoms with Gasteiger partial charge in [-0.1, -0.05) is 43.7 Å². The first kappa shape index (κ1) is 29.3. The second-order valence-electron chi connectivity index (χ2n) is 9.03. The maximum absolute atomic E-state index is 11.8. The average molecular weight is 534 g/mol. The lowest BCUT2D eigenvalue weighted by Crippen LogP contribution is -2.16. The summed E-state index contributed by atoms with van der Waals surface area (Å²) in [5.41, 5.74) is 7.33. The first-order chi connectivity index (χ1) is 18.8. The van der Waals surface area contributed by atoms with Crippen LogP contribution in [-0.4, -0.2) is 41.8 Å². The molecule has 3 aromatic carbocycles. The monoisotopic (exact) mass is 533 g/mol. The van der Waals surface area contributed by atoms with E-state index in [0.29, 0.717) is 48.7 Å². The number of hydrogen-bond donors (Lipinski definition) is 3. The second-order valence-corrected chi connectivity index (χ2v) is 9.03. The van der Waals surface area contributed by atoms with Crippen LogP contribution in [0.1, 0.15) is 59.3 Å². The van der Waals surface area contributed by atoms with Gasteiger partial charge in [0.1, 0.15) is 17.2 Å². The normalized spacial score (nSPS) is 11.2. The topological polar surface area (TPSA) is 114 Å². The van der Waals surface area contributed by atoms with Crippen molar-refractivity contribution < 1.29 is 34.1 Å². The van der Waals surface area contributed by atoms with Crippen LogP contribution in [0.5, 0.6) is 17.2 Å².